The van der Waals surface area contributed by atoms with E-state index < -0.39 is 0 Å². The molecule has 1 unspecified atom stereocenters. The predicted octanol–water partition coefficient (Wildman–Crippen LogP) is 1.66. The van der Waals surface area contributed by atoms with E-state index in [2.05, 4.69) is 17.1 Å². The third kappa shape index (κ3) is 1.06. The van der Waals surface area contributed by atoms with E-state index in [1.165, 1.54) is 11.1 Å². The molecule has 0 fully saturated rings. The van der Waals surface area contributed by atoms with Gasteiger partial charge in [0.15, 0.2) is 0 Å². The van der Waals surface area contributed by atoms with E-state index >= 15 is 0 Å². The quantitative estimate of drug-likeness (QED) is 0.476. The molecule has 0 N–H and O–H groups in total. The van der Waals surface area contributed by atoms with Gasteiger partial charge in [0.25, 0.3) is 0 Å². The maximum Gasteiger partial charge on any atom is 0.234 e. The molecule has 0 aromatic heterocycles. The minimum Gasteiger partial charge on any atom is -0.211 e. The SMILES string of the molecule is O=C=NCC1Cc2ccccc21. The summed E-state index contributed by atoms with van der Waals surface area (Å²) in [6, 6.07) is 8.29. The number of benzene rings is 1. The van der Waals surface area contributed by atoms with Crippen LogP contribution in [0.5, 0.6) is 0 Å². The Morgan fingerprint density at radius 3 is 3.08 bits per heavy atom. The Kier molecular flexibility index (Phi) is 1.77. The van der Waals surface area contributed by atoms with Gasteiger partial charge in [0, 0.05) is 5.92 Å². The summed E-state index contributed by atoms with van der Waals surface area (Å²) < 4.78 is 0. The molecule has 0 amide bonds. The lowest BCUT2D eigenvalue weighted by molar-refractivity contribution is 0.556. The van der Waals surface area contributed by atoms with E-state index in [1.807, 2.05) is 12.1 Å². The van der Waals surface area contributed by atoms with Gasteiger partial charge in [-0.1, -0.05) is 24.3 Å². The van der Waals surface area contributed by atoms with Gasteiger partial charge in [-0.2, -0.15) is 0 Å². The molecular formula is C10H9NO. The topological polar surface area (TPSA) is 29.4 Å². The minimum atomic E-state index is 0.461. The number of hydrogen-bond donors (Lipinski definition) is 0. The van der Waals surface area contributed by atoms with E-state index in [0.717, 1.165) is 6.42 Å². The molecule has 0 saturated heterocycles. The molecule has 0 aliphatic heterocycles. The molecule has 60 valence electrons. The van der Waals surface area contributed by atoms with E-state index in [1.54, 1.807) is 6.08 Å². The van der Waals surface area contributed by atoms with Gasteiger partial charge in [0.05, 0.1) is 6.54 Å². The third-order valence-electron chi connectivity index (χ3n) is 2.34. The molecule has 1 aromatic rings. The van der Waals surface area contributed by atoms with Crippen LogP contribution in [0.15, 0.2) is 29.3 Å². The van der Waals surface area contributed by atoms with Gasteiger partial charge in [-0.05, 0) is 17.5 Å². The standard InChI is InChI=1S/C10H9NO/c12-7-11-6-9-5-8-3-1-2-4-10(8)9/h1-4,9H,5-6H2. The van der Waals surface area contributed by atoms with Crippen molar-refractivity contribution >= 4 is 6.08 Å². The van der Waals surface area contributed by atoms with Crippen molar-refractivity contribution in [1.29, 1.82) is 0 Å². The summed E-state index contributed by atoms with van der Waals surface area (Å²) in [4.78, 5) is 13.5. The molecule has 0 radical (unpaired) electrons. The zero-order valence-electron chi connectivity index (χ0n) is 6.66. The van der Waals surface area contributed by atoms with Crippen molar-refractivity contribution < 1.29 is 4.79 Å². The van der Waals surface area contributed by atoms with Crippen LogP contribution in [0.3, 0.4) is 0 Å². The second-order valence-corrected chi connectivity index (χ2v) is 3.03. The van der Waals surface area contributed by atoms with Gasteiger partial charge in [-0.15, -0.1) is 0 Å². The van der Waals surface area contributed by atoms with Crippen molar-refractivity contribution in [2.75, 3.05) is 6.54 Å². The van der Waals surface area contributed by atoms with E-state index in [9.17, 15) is 4.79 Å². The average molecular weight is 159 g/mol. The van der Waals surface area contributed by atoms with Crippen molar-refractivity contribution in [3.8, 4) is 0 Å². The van der Waals surface area contributed by atoms with E-state index in [-0.39, 0.29) is 0 Å². The van der Waals surface area contributed by atoms with Crippen LogP contribution in [-0.4, -0.2) is 12.6 Å². The first-order valence-electron chi connectivity index (χ1n) is 4.03. The molecule has 1 aromatic carbocycles. The Morgan fingerprint density at radius 2 is 2.33 bits per heavy atom. The zero-order valence-corrected chi connectivity index (χ0v) is 6.66. The van der Waals surface area contributed by atoms with Crippen LogP contribution in [0.4, 0.5) is 0 Å². The smallest absolute Gasteiger partial charge is 0.211 e. The fourth-order valence-corrected chi connectivity index (χ4v) is 1.67. The molecule has 12 heavy (non-hydrogen) atoms. The number of hydrogen-bond acceptors (Lipinski definition) is 2. The van der Waals surface area contributed by atoms with Gasteiger partial charge in [0.2, 0.25) is 6.08 Å². The highest BCUT2D eigenvalue weighted by Crippen LogP contribution is 2.34. The van der Waals surface area contributed by atoms with Crippen molar-refractivity contribution in [2.45, 2.75) is 12.3 Å². The summed E-state index contributed by atoms with van der Waals surface area (Å²) in [5.74, 6) is 0.461. The van der Waals surface area contributed by atoms with Crippen molar-refractivity contribution in [2.24, 2.45) is 4.99 Å². The maximum absolute atomic E-state index is 9.87. The Bertz CT molecular complexity index is 339. The van der Waals surface area contributed by atoms with Gasteiger partial charge < -0.3 is 0 Å². The first-order chi connectivity index (χ1) is 5.92. The highest BCUT2D eigenvalue weighted by molar-refractivity contribution is 5.41. The minimum absolute atomic E-state index is 0.461. The fraction of sp³-hybridized carbons (Fsp3) is 0.300. The fourth-order valence-electron chi connectivity index (χ4n) is 1.67. The normalized spacial score (nSPS) is 18.8. The highest BCUT2D eigenvalue weighted by atomic mass is 16.1. The summed E-state index contributed by atoms with van der Waals surface area (Å²) in [6.45, 7) is 0.598. The summed E-state index contributed by atoms with van der Waals surface area (Å²) in [5.41, 5.74) is 2.74. The number of isocyanates is 1. The Morgan fingerprint density at radius 1 is 1.50 bits per heavy atom. The molecule has 0 spiro atoms. The lowest BCUT2D eigenvalue weighted by atomic mass is 9.78. The molecule has 0 bridgehead atoms. The van der Waals surface area contributed by atoms with Crippen molar-refractivity contribution in [3.05, 3.63) is 35.4 Å². The Hall–Kier alpha value is -1.40. The van der Waals surface area contributed by atoms with Crippen LogP contribution >= 0.6 is 0 Å². The van der Waals surface area contributed by atoms with Crippen LogP contribution in [0.2, 0.25) is 0 Å². The third-order valence-corrected chi connectivity index (χ3v) is 2.34. The number of carbonyl (C=O) groups excluding carboxylic acids is 1. The summed E-state index contributed by atoms with van der Waals surface area (Å²) in [6.07, 6.45) is 2.63. The number of aliphatic imine (C=N–C) groups is 1. The molecule has 0 heterocycles. The Labute approximate surface area is 70.9 Å². The summed E-state index contributed by atoms with van der Waals surface area (Å²) >= 11 is 0. The maximum atomic E-state index is 9.87. The number of rotatable bonds is 2. The van der Waals surface area contributed by atoms with Crippen molar-refractivity contribution in [1.82, 2.24) is 0 Å². The molecule has 1 aliphatic carbocycles. The zero-order chi connectivity index (χ0) is 8.39. The van der Waals surface area contributed by atoms with Gasteiger partial charge >= 0.3 is 0 Å². The van der Waals surface area contributed by atoms with Gasteiger partial charge in [0.1, 0.15) is 0 Å². The second kappa shape index (κ2) is 2.92. The molecule has 2 rings (SSSR count). The van der Waals surface area contributed by atoms with Crippen LogP contribution in [-0.2, 0) is 11.2 Å². The first kappa shape index (κ1) is 7.26. The summed E-state index contributed by atoms with van der Waals surface area (Å²) in [5, 5.41) is 0. The first-order valence-corrected chi connectivity index (χ1v) is 4.03. The van der Waals surface area contributed by atoms with E-state index in [0.29, 0.717) is 12.5 Å². The lowest BCUT2D eigenvalue weighted by Gasteiger charge is -2.27. The largest absolute Gasteiger partial charge is 0.234 e. The molecule has 1 atom stereocenters. The molecule has 2 heteroatoms. The van der Waals surface area contributed by atoms with Crippen molar-refractivity contribution in [3.63, 3.8) is 0 Å². The Balaban J connectivity index is 2.14. The predicted molar refractivity (Wildman–Crippen MR) is 45.9 cm³/mol. The second-order valence-electron chi connectivity index (χ2n) is 3.03. The van der Waals surface area contributed by atoms with Crippen LogP contribution in [0.1, 0.15) is 17.0 Å². The number of fused-ring (bicyclic) bond motifs is 1. The van der Waals surface area contributed by atoms with Gasteiger partial charge in [-0.25, -0.2) is 9.79 Å². The van der Waals surface area contributed by atoms with Gasteiger partial charge in [-0.3, -0.25) is 0 Å². The molecule has 1 aliphatic rings. The lowest BCUT2D eigenvalue weighted by Crippen LogP contribution is -2.19. The monoisotopic (exact) mass is 159 g/mol. The van der Waals surface area contributed by atoms with Crippen LogP contribution in [0, 0.1) is 0 Å². The molecule has 0 saturated carbocycles. The molecule has 2 nitrogen and oxygen atoms in total. The highest BCUT2D eigenvalue weighted by Gasteiger charge is 2.24. The van der Waals surface area contributed by atoms with Crippen LogP contribution in [0.25, 0.3) is 0 Å². The average Bonchev–Trinajstić information content (AvgIpc) is 2.07. The number of nitrogens with zero attached hydrogens (tertiary/aromatic N) is 1. The van der Waals surface area contributed by atoms with Crippen LogP contribution < -0.4 is 0 Å². The molecular weight excluding hydrogens is 150 g/mol. The summed E-state index contributed by atoms with van der Waals surface area (Å²) in [7, 11) is 0. The van der Waals surface area contributed by atoms with E-state index in [4.69, 9.17) is 0 Å².